The van der Waals surface area contributed by atoms with Gasteiger partial charge in [-0.1, -0.05) is 19.3 Å². The molecule has 3 aromatic rings. The van der Waals surface area contributed by atoms with Crippen molar-refractivity contribution >= 4 is 17.6 Å². The zero-order valence-electron chi connectivity index (χ0n) is 21.4. The van der Waals surface area contributed by atoms with Gasteiger partial charge in [0.2, 0.25) is 6.41 Å². The van der Waals surface area contributed by atoms with Gasteiger partial charge in [0, 0.05) is 24.0 Å². The fraction of sp³-hybridized carbons (Fsp3) is 0.429. The Morgan fingerprint density at radius 2 is 1.83 bits per heavy atom. The Morgan fingerprint density at radius 3 is 2.43 bits per heavy atom. The van der Waals surface area contributed by atoms with Gasteiger partial charge < -0.3 is 10.6 Å². The second-order valence-corrected chi connectivity index (χ2v) is 8.71. The molecule has 0 unspecified atom stereocenters. The summed E-state index contributed by atoms with van der Waals surface area (Å²) in [4.78, 5) is 14.5. The number of anilines is 1. The van der Waals surface area contributed by atoms with E-state index in [9.17, 15) is 4.79 Å². The zero-order valence-corrected chi connectivity index (χ0v) is 21.4. The summed E-state index contributed by atoms with van der Waals surface area (Å²) in [7, 11) is 0. The van der Waals surface area contributed by atoms with Crippen LogP contribution in [0.15, 0.2) is 36.7 Å². The molecule has 1 aliphatic rings. The monoisotopic (exact) mass is 472 g/mol. The molecule has 1 aliphatic carbocycles. The van der Waals surface area contributed by atoms with Crippen LogP contribution in [-0.4, -0.2) is 33.1 Å². The minimum Gasteiger partial charge on any atom is -0.383 e. The van der Waals surface area contributed by atoms with Gasteiger partial charge in [-0.2, -0.15) is 10.4 Å². The summed E-state index contributed by atoms with van der Waals surface area (Å²) in [6.07, 6.45) is 10.5. The number of aromatic nitrogens is 3. The van der Waals surface area contributed by atoms with Crippen LogP contribution in [0.3, 0.4) is 0 Å². The lowest BCUT2D eigenvalue weighted by atomic mass is 9.96. The number of rotatable bonds is 5. The predicted octanol–water partition coefficient (Wildman–Crippen LogP) is 5.49. The average Bonchev–Trinajstić information content (AvgIpc) is 3.30. The molecule has 7 nitrogen and oxygen atoms in total. The maximum absolute atomic E-state index is 9.96. The number of hydrogen-bond donors (Lipinski definition) is 2. The minimum absolute atomic E-state index is 0.356. The fourth-order valence-corrected chi connectivity index (χ4v) is 3.75. The Bertz CT molecular complexity index is 1180. The largest absolute Gasteiger partial charge is 0.383 e. The van der Waals surface area contributed by atoms with Crippen molar-refractivity contribution < 1.29 is 4.79 Å². The molecule has 3 heterocycles. The van der Waals surface area contributed by atoms with Crippen molar-refractivity contribution in [1.82, 2.24) is 19.9 Å². The Labute approximate surface area is 209 Å². The summed E-state index contributed by atoms with van der Waals surface area (Å²) < 4.78 is 1.80. The van der Waals surface area contributed by atoms with Crippen molar-refractivity contribution in [2.75, 3.05) is 5.32 Å². The third kappa shape index (κ3) is 8.46. The lowest BCUT2D eigenvalue weighted by Crippen LogP contribution is -2.29. The molecule has 1 fully saturated rings. The van der Waals surface area contributed by atoms with Crippen LogP contribution in [-0.2, 0) is 4.79 Å². The first-order valence-corrected chi connectivity index (χ1v) is 12.1. The quantitative estimate of drug-likeness (QED) is 0.378. The topological polar surface area (TPSA) is 95.1 Å². The number of fused-ring (bicyclic) bond motifs is 1. The van der Waals surface area contributed by atoms with Crippen LogP contribution in [0.2, 0.25) is 0 Å². The molecule has 3 aromatic heterocycles. The summed E-state index contributed by atoms with van der Waals surface area (Å²) in [6, 6.07) is 10.7. The van der Waals surface area contributed by atoms with Crippen molar-refractivity contribution in [3.05, 3.63) is 47.8 Å². The first kappa shape index (κ1) is 27.4. The van der Waals surface area contributed by atoms with Gasteiger partial charge in [0.05, 0.1) is 28.7 Å². The van der Waals surface area contributed by atoms with Gasteiger partial charge in [-0.05, 0) is 77.3 Å². The number of nitriles is 1. The smallest absolute Gasteiger partial charge is 0.207 e. The highest BCUT2D eigenvalue weighted by molar-refractivity contribution is 5.68. The molecule has 7 heteroatoms. The van der Waals surface area contributed by atoms with Crippen LogP contribution in [0.1, 0.15) is 70.9 Å². The van der Waals surface area contributed by atoms with Gasteiger partial charge in [0.1, 0.15) is 6.07 Å². The zero-order chi connectivity index (χ0) is 25.6. The van der Waals surface area contributed by atoms with E-state index in [1.807, 2.05) is 51.2 Å². The molecular formula is C28H36N6O. The highest BCUT2D eigenvalue weighted by Crippen LogP contribution is 2.25. The number of nitrogens with zero attached hydrogens (tertiary/aromatic N) is 4. The van der Waals surface area contributed by atoms with E-state index in [1.165, 1.54) is 32.1 Å². The van der Waals surface area contributed by atoms with E-state index >= 15 is 0 Å². The lowest BCUT2D eigenvalue weighted by molar-refractivity contribution is -0.110. The first-order valence-electron chi connectivity index (χ1n) is 12.1. The minimum atomic E-state index is 0.356. The Balaban J connectivity index is 0.000000275. The third-order valence-corrected chi connectivity index (χ3v) is 5.60. The molecule has 0 aliphatic heterocycles. The highest BCUT2D eigenvalue weighted by Gasteiger charge is 2.11. The molecule has 1 saturated carbocycles. The van der Waals surface area contributed by atoms with E-state index in [4.69, 9.17) is 5.26 Å². The fourth-order valence-electron chi connectivity index (χ4n) is 3.75. The molecule has 4 rings (SSSR count). The predicted molar refractivity (Wildman–Crippen MR) is 142 cm³/mol. The van der Waals surface area contributed by atoms with Crippen molar-refractivity contribution in [3.8, 4) is 29.3 Å². The summed E-state index contributed by atoms with van der Waals surface area (Å²) in [5, 5.41) is 19.5. The second kappa shape index (κ2) is 14.4. The van der Waals surface area contributed by atoms with Gasteiger partial charge in [0.25, 0.3) is 0 Å². The maximum atomic E-state index is 9.96. The third-order valence-electron chi connectivity index (χ3n) is 5.60. The number of carbonyl (C=O) groups is 1. The molecule has 0 saturated heterocycles. The van der Waals surface area contributed by atoms with Gasteiger partial charge in [-0.25, -0.2) is 4.52 Å². The van der Waals surface area contributed by atoms with E-state index in [0.29, 0.717) is 17.6 Å². The molecule has 0 bridgehead atoms. The molecule has 184 valence electrons. The molecule has 35 heavy (non-hydrogen) atoms. The Kier molecular flexibility index (Phi) is 11.3. The summed E-state index contributed by atoms with van der Waals surface area (Å²) in [6.45, 7) is 9.89. The summed E-state index contributed by atoms with van der Waals surface area (Å²) in [5.41, 5.74) is 5.38. The van der Waals surface area contributed by atoms with E-state index in [2.05, 4.69) is 52.5 Å². The SMILES string of the molecule is CC#CC.Cc1cnc(-c2ccc3cc(C#N)cnn23)cc1NC(C)C.O=CNC1CCCCC1. The number of carbonyl (C=O) groups excluding carboxylic acids is 1. The number of hydrogen-bond acceptors (Lipinski definition) is 5. The molecule has 1 amide bonds. The van der Waals surface area contributed by atoms with Crippen LogP contribution < -0.4 is 10.6 Å². The van der Waals surface area contributed by atoms with Crippen LogP contribution >= 0.6 is 0 Å². The van der Waals surface area contributed by atoms with Crippen molar-refractivity contribution in [3.63, 3.8) is 0 Å². The number of pyridine rings is 1. The van der Waals surface area contributed by atoms with Gasteiger partial charge in [-0.15, -0.1) is 11.8 Å². The standard InChI is InChI=1S/C17H17N5.C7H13NO.C4H6/c1-11(2)21-15-7-16(19-9-12(15)3)17-5-4-14-6-13(8-18)10-20-22(14)17;9-6-8-7-4-2-1-3-5-7;1-3-4-2/h4-7,9-11H,1-3H3,(H,19,21);6-7H,1-5H2,(H,8,9);1-2H3. The number of nitrogens with one attached hydrogen (secondary N) is 2. The van der Waals surface area contributed by atoms with Gasteiger partial charge in [-0.3, -0.25) is 9.78 Å². The molecule has 0 atom stereocenters. The first-order chi connectivity index (χ1) is 16.9. The van der Waals surface area contributed by atoms with Crippen molar-refractivity contribution in [2.24, 2.45) is 0 Å². The van der Waals surface area contributed by atoms with Crippen LogP contribution in [0.25, 0.3) is 16.9 Å². The van der Waals surface area contributed by atoms with Crippen molar-refractivity contribution in [2.45, 2.75) is 78.8 Å². The van der Waals surface area contributed by atoms with E-state index < -0.39 is 0 Å². The molecule has 0 aromatic carbocycles. The normalized spacial score (nSPS) is 12.7. The second-order valence-electron chi connectivity index (χ2n) is 8.71. The van der Waals surface area contributed by atoms with E-state index in [0.717, 1.165) is 34.6 Å². The van der Waals surface area contributed by atoms with E-state index in [1.54, 1.807) is 10.7 Å². The maximum Gasteiger partial charge on any atom is 0.207 e. The van der Waals surface area contributed by atoms with Crippen LogP contribution in [0.4, 0.5) is 5.69 Å². The van der Waals surface area contributed by atoms with Crippen molar-refractivity contribution in [1.29, 1.82) is 5.26 Å². The molecule has 2 N–H and O–H groups in total. The van der Waals surface area contributed by atoms with Crippen LogP contribution in [0.5, 0.6) is 0 Å². The summed E-state index contributed by atoms with van der Waals surface area (Å²) >= 11 is 0. The summed E-state index contributed by atoms with van der Waals surface area (Å²) in [5.74, 6) is 5.36. The van der Waals surface area contributed by atoms with Crippen LogP contribution in [0, 0.1) is 30.1 Å². The van der Waals surface area contributed by atoms with Gasteiger partial charge >= 0.3 is 0 Å². The Hall–Kier alpha value is -3.84. The Morgan fingerprint density at radius 1 is 1.11 bits per heavy atom. The number of aryl methyl sites for hydroxylation is 1. The van der Waals surface area contributed by atoms with E-state index in [-0.39, 0.29) is 0 Å². The lowest BCUT2D eigenvalue weighted by Gasteiger charge is -2.19. The highest BCUT2D eigenvalue weighted by atomic mass is 16.1. The average molecular weight is 473 g/mol. The molecular weight excluding hydrogens is 436 g/mol. The molecule has 0 radical (unpaired) electrons. The number of amides is 1. The van der Waals surface area contributed by atoms with Gasteiger partial charge in [0.15, 0.2) is 0 Å². The molecule has 0 spiro atoms.